The maximum atomic E-state index is 12.6. The van der Waals surface area contributed by atoms with E-state index in [-0.39, 0.29) is 24.2 Å². The van der Waals surface area contributed by atoms with Crippen LogP contribution in [0.15, 0.2) is 29.6 Å². The predicted molar refractivity (Wildman–Crippen MR) is 106 cm³/mol. The van der Waals surface area contributed by atoms with Crippen LogP contribution in [0, 0.1) is 5.92 Å². The molecule has 1 aromatic heterocycles. The minimum Gasteiger partial charge on any atom is -0.466 e. The molecule has 0 aliphatic carbocycles. The molecule has 1 N–H and O–H groups in total. The van der Waals surface area contributed by atoms with Crippen molar-refractivity contribution in [3.63, 3.8) is 0 Å². The number of piperidine rings is 1. The van der Waals surface area contributed by atoms with Crippen molar-refractivity contribution in [1.29, 1.82) is 0 Å². The first kappa shape index (κ1) is 19.6. The summed E-state index contributed by atoms with van der Waals surface area (Å²) < 4.78 is 5.09. The van der Waals surface area contributed by atoms with Crippen LogP contribution in [-0.2, 0) is 20.7 Å². The molecule has 1 aliphatic rings. The van der Waals surface area contributed by atoms with E-state index in [0.29, 0.717) is 35.5 Å². The van der Waals surface area contributed by atoms with Gasteiger partial charge in [-0.2, -0.15) is 0 Å². The number of anilines is 2. The molecule has 1 saturated heterocycles. The first-order valence-corrected chi connectivity index (χ1v) is 10.2. The molecule has 6 nitrogen and oxygen atoms in total. The molecule has 1 aromatic carbocycles. The summed E-state index contributed by atoms with van der Waals surface area (Å²) in [7, 11) is 0. The van der Waals surface area contributed by atoms with E-state index in [1.54, 1.807) is 17.9 Å². The van der Waals surface area contributed by atoms with Crippen LogP contribution in [-0.4, -0.2) is 41.5 Å². The van der Waals surface area contributed by atoms with Crippen LogP contribution in [0.25, 0.3) is 0 Å². The molecular weight excluding hydrogens is 386 g/mol. The van der Waals surface area contributed by atoms with Gasteiger partial charge in [-0.15, -0.1) is 11.3 Å². The smallest absolute Gasteiger partial charge is 0.310 e. The van der Waals surface area contributed by atoms with Gasteiger partial charge < -0.3 is 15.0 Å². The summed E-state index contributed by atoms with van der Waals surface area (Å²) in [6, 6.07) is 7.39. The number of likely N-dealkylation sites (tertiary alicyclic amines) is 1. The Labute approximate surface area is 167 Å². The van der Waals surface area contributed by atoms with Crippen LogP contribution in [0.4, 0.5) is 10.8 Å². The first-order chi connectivity index (χ1) is 13.0. The van der Waals surface area contributed by atoms with Crippen LogP contribution in [0.3, 0.4) is 0 Å². The number of aromatic nitrogens is 1. The standard InChI is InChI=1S/C19H22ClN3O3S/c1-2-26-18(25)13-5-4-8-23(11-13)17(24)10-16-12-27-19(22-16)21-15-7-3-6-14(20)9-15/h3,6-7,9,12-13H,2,4-5,8,10-11H2,1H3,(H,21,22). The minimum absolute atomic E-state index is 0.0106. The molecule has 144 valence electrons. The Morgan fingerprint density at radius 1 is 1.44 bits per heavy atom. The van der Waals surface area contributed by atoms with Crippen molar-refractivity contribution in [1.82, 2.24) is 9.88 Å². The van der Waals surface area contributed by atoms with Crippen molar-refractivity contribution >= 4 is 45.6 Å². The van der Waals surface area contributed by atoms with Crippen molar-refractivity contribution in [2.24, 2.45) is 5.92 Å². The number of carbonyl (C=O) groups is 2. The number of esters is 1. The largest absolute Gasteiger partial charge is 0.466 e. The monoisotopic (exact) mass is 407 g/mol. The van der Waals surface area contributed by atoms with Gasteiger partial charge in [-0.3, -0.25) is 9.59 Å². The Morgan fingerprint density at radius 3 is 3.07 bits per heavy atom. The van der Waals surface area contributed by atoms with Crippen molar-refractivity contribution in [3.8, 4) is 0 Å². The SMILES string of the molecule is CCOC(=O)C1CCCN(C(=O)Cc2csc(Nc3cccc(Cl)c3)n2)C1. The Hall–Kier alpha value is -2.12. The zero-order chi connectivity index (χ0) is 19.2. The molecule has 1 unspecified atom stereocenters. The van der Waals surface area contributed by atoms with E-state index in [2.05, 4.69) is 10.3 Å². The highest BCUT2D eigenvalue weighted by Crippen LogP contribution is 2.24. The summed E-state index contributed by atoms with van der Waals surface area (Å²) in [6.45, 7) is 3.26. The molecule has 1 atom stereocenters. The zero-order valence-electron chi connectivity index (χ0n) is 15.1. The summed E-state index contributed by atoms with van der Waals surface area (Å²) in [5, 5.41) is 6.42. The average Bonchev–Trinajstić information content (AvgIpc) is 3.09. The molecule has 0 bridgehead atoms. The molecule has 1 aliphatic heterocycles. The van der Waals surface area contributed by atoms with Gasteiger partial charge in [0.2, 0.25) is 5.91 Å². The van der Waals surface area contributed by atoms with Crippen molar-refractivity contribution in [2.75, 3.05) is 25.0 Å². The van der Waals surface area contributed by atoms with Crippen LogP contribution in [0.2, 0.25) is 5.02 Å². The van der Waals surface area contributed by atoms with Crippen molar-refractivity contribution < 1.29 is 14.3 Å². The maximum absolute atomic E-state index is 12.6. The Balaban J connectivity index is 1.56. The van der Waals surface area contributed by atoms with E-state index in [1.807, 2.05) is 23.6 Å². The van der Waals surface area contributed by atoms with Gasteiger partial charge in [0.1, 0.15) is 0 Å². The predicted octanol–water partition coefficient (Wildman–Crippen LogP) is 3.88. The van der Waals surface area contributed by atoms with Gasteiger partial charge in [-0.1, -0.05) is 17.7 Å². The second-order valence-electron chi connectivity index (χ2n) is 6.39. The van der Waals surface area contributed by atoms with Crippen LogP contribution in [0.1, 0.15) is 25.5 Å². The van der Waals surface area contributed by atoms with Crippen LogP contribution < -0.4 is 5.32 Å². The third kappa shape index (κ3) is 5.43. The van der Waals surface area contributed by atoms with E-state index >= 15 is 0 Å². The van der Waals surface area contributed by atoms with Crippen molar-refractivity contribution in [2.45, 2.75) is 26.2 Å². The second-order valence-corrected chi connectivity index (χ2v) is 7.68. The molecule has 2 heterocycles. The Morgan fingerprint density at radius 2 is 2.30 bits per heavy atom. The number of amides is 1. The van der Waals surface area contributed by atoms with E-state index in [0.717, 1.165) is 18.5 Å². The van der Waals surface area contributed by atoms with Crippen LogP contribution in [0.5, 0.6) is 0 Å². The summed E-state index contributed by atoms with van der Waals surface area (Å²) >= 11 is 7.43. The zero-order valence-corrected chi connectivity index (χ0v) is 16.7. The maximum Gasteiger partial charge on any atom is 0.310 e. The normalized spacial score (nSPS) is 16.8. The van der Waals surface area contributed by atoms with Crippen molar-refractivity contribution in [3.05, 3.63) is 40.4 Å². The number of thiazole rings is 1. The lowest BCUT2D eigenvalue weighted by Gasteiger charge is -2.31. The van der Waals surface area contributed by atoms with E-state index in [4.69, 9.17) is 16.3 Å². The lowest BCUT2D eigenvalue weighted by atomic mass is 9.98. The summed E-state index contributed by atoms with van der Waals surface area (Å²) in [5.74, 6) is -0.446. The highest BCUT2D eigenvalue weighted by molar-refractivity contribution is 7.13. The van der Waals surface area contributed by atoms with E-state index in [9.17, 15) is 9.59 Å². The van der Waals surface area contributed by atoms with Gasteiger partial charge in [-0.05, 0) is 38.0 Å². The fourth-order valence-corrected chi connectivity index (χ4v) is 3.98. The van der Waals surface area contributed by atoms with E-state index < -0.39 is 0 Å². The molecule has 0 radical (unpaired) electrons. The van der Waals surface area contributed by atoms with Gasteiger partial charge in [0.15, 0.2) is 5.13 Å². The number of carbonyl (C=O) groups excluding carboxylic acids is 2. The molecule has 0 saturated carbocycles. The number of ether oxygens (including phenoxy) is 1. The Kier molecular flexibility index (Phi) is 6.68. The number of nitrogens with one attached hydrogen (secondary N) is 1. The van der Waals surface area contributed by atoms with Gasteiger partial charge in [0, 0.05) is 29.2 Å². The average molecular weight is 408 g/mol. The van der Waals surface area contributed by atoms with Crippen LogP contribution >= 0.6 is 22.9 Å². The number of nitrogens with zero attached hydrogens (tertiary/aromatic N) is 2. The topological polar surface area (TPSA) is 71.5 Å². The van der Waals surface area contributed by atoms with E-state index in [1.165, 1.54) is 11.3 Å². The molecule has 8 heteroatoms. The lowest BCUT2D eigenvalue weighted by Crippen LogP contribution is -2.43. The molecule has 3 rings (SSSR count). The van der Waals surface area contributed by atoms with Gasteiger partial charge in [0.25, 0.3) is 0 Å². The number of halogens is 1. The number of hydrogen-bond donors (Lipinski definition) is 1. The minimum atomic E-state index is -0.224. The quantitative estimate of drug-likeness (QED) is 0.735. The van der Waals surface area contributed by atoms with Gasteiger partial charge in [-0.25, -0.2) is 4.98 Å². The summed E-state index contributed by atoms with van der Waals surface area (Å²) in [5.41, 5.74) is 1.57. The molecule has 1 amide bonds. The molecule has 1 fully saturated rings. The third-order valence-corrected chi connectivity index (χ3v) is 5.40. The third-order valence-electron chi connectivity index (χ3n) is 4.35. The summed E-state index contributed by atoms with van der Waals surface area (Å²) in [4.78, 5) is 30.8. The highest BCUT2D eigenvalue weighted by atomic mass is 35.5. The number of benzene rings is 1. The second kappa shape index (κ2) is 9.19. The number of rotatable bonds is 6. The lowest BCUT2D eigenvalue weighted by molar-refractivity contribution is -0.151. The molecular formula is C19H22ClN3O3S. The fraction of sp³-hybridized carbons (Fsp3) is 0.421. The molecule has 27 heavy (non-hydrogen) atoms. The van der Waals surface area contributed by atoms with Gasteiger partial charge >= 0.3 is 5.97 Å². The highest BCUT2D eigenvalue weighted by Gasteiger charge is 2.29. The first-order valence-electron chi connectivity index (χ1n) is 8.96. The molecule has 2 aromatic rings. The number of hydrogen-bond acceptors (Lipinski definition) is 6. The van der Waals surface area contributed by atoms with Gasteiger partial charge in [0.05, 0.1) is 24.6 Å². The fourth-order valence-electron chi connectivity index (χ4n) is 3.06. The Bertz CT molecular complexity index is 811. The molecule has 0 spiro atoms. The summed E-state index contributed by atoms with van der Waals surface area (Å²) in [6.07, 6.45) is 1.81.